The van der Waals surface area contributed by atoms with Crippen LogP contribution in [0.3, 0.4) is 0 Å². The highest BCUT2D eigenvalue weighted by atomic mass is 19.1. The van der Waals surface area contributed by atoms with Crippen molar-refractivity contribution in [3.05, 3.63) is 95.8 Å². The van der Waals surface area contributed by atoms with E-state index in [0.29, 0.717) is 29.4 Å². The van der Waals surface area contributed by atoms with Gasteiger partial charge in [-0.1, -0.05) is 42.5 Å². The van der Waals surface area contributed by atoms with Gasteiger partial charge in [-0.2, -0.15) is 0 Å². The Morgan fingerprint density at radius 1 is 0.935 bits per heavy atom. The van der Waals surface area contributed by atoms with Gasteiger partial charge in [0.2, 0.25) is 0 Å². The fraction of sp³-hybridized carbons (Fsp3) is 0.120. The molecule has 1 N–H and O–H groups in total. The van der Waals surface area contributed by atoms with Crippen LogP contribution in [-0.2, 0) is 4.79 Å². The fourth-order valence-electron chi connectivity index (χ4n) is 2.79. The predicted octanol–water partition coefficient (Wildman–Crippen LogP) is 5.14. The van der Waals surface area contributed by atoms with E-state index in [2.05, 4.69) is 5.32 Å². The maximum Gasteiger partial charge on any atom is 0.262 e. The van der Waals surface area contributed by atoms with Crippen molar-refractivity contribution in [1.29, 1.82) is 0 Å². The van der Waals surface area contributed by atoms with Gasteiger partial charge in [-0.05, 0) is 55.0 Å². The number of carbonyl (C=O) groups is 2. The van der Waals surface area contributed by atoms with Gasteiger partial charge in [0.25, 0.3) is 5.91 Å². The summed E-state index contributed by atoms with van der Waals surface area (Å²) in [7, 11) is 0. The molecule has 0 fully saturated rings. The summed E-state index contributed by atoms with van der Waals surface area (Å²) in [5, 5.41) is 2.75. The highest BCUT2D eigenvalue weighted by Crippen LogP contribution is 2.29. The van der Waals surface area contributed by atoms with Crippen LogP contribution in [0.2, 0.25) is 0 Å². The lowest BCUT2D eigenvalue weighted by Gasteiger charge is -2.12. The number of hydrogen-bond acceptors (Lipinski definition) is 4. The van der Waals surface area contributed by atoms with Crippen molar-refractivity contribution in [3.8, 4) is 11.5 Å². The average Bonchev–Trinajstić information content (AvgIpc) is 2.77. The molecule has 6 heteroatoms. The third-order valence-corrected chi connectivity index (χ3v) is 4.22. The zero-order chi connectivity index (χ0) is 22.1. The number of hydrogen-bond donors (Lipinski definition) is 1. The summed E-state index contributed by atoms with van der Waals surface area (Å²) in [6, 6.07) is 19.7. The number of ketones is 1. The third-order valence-electron chi connectivity index (χ3n) is 4.22. The highest BCUT2D eigenvalue weighted by Gasteiger charge is 2.10. The van der Waals surface area contributed by atoms with E-state index < -0.39 is 5.82 Å². The summed E-state index contributed by atoms with van der Waals surface area (Å²) in [6.07, 6.45) is 2.98. The second-order valence-corrected chi connectivity index (χ2v) is 6.55. The fourth-order valence-corrected chi connectivity index (χ4v) is 2.79. The number of halogens is 1. The first-order chi connectivity index (χ1) is 15.0. The Balaban J connectivity index is 1.66. The third kappa shape index (κ3) is 6.54. The Morgan fingerprint density at radius 2 is 1.74 bits per heavy atom. The first kappa shape index (κ1) is 21.8. The Hall–Kier alpha value is -3.93. The maximum atomic E-state index is 13.3. The molecule has 0 radical (unpaired) electrons. The quantitative estimate of drug-likeness (QED) is 0.385. The molecule has 3 aromatic rings. The van der Waals surface area contributed by atoms with Gasteiger partial charge in [-0.3, -0.25) is 9.59 Å². The summed E-state index contributed by atoms with van der Waals surface area (Å²) < 4.78 is 24.5. The van der Waals surface area contributed by atoms with Crippen molar-refractivity contribution in [2.75, 3.05) is 18.5 Å². The average molecular weight is 419 g/mol. The first-order valence-corrected chi connectivity index (χ1v) is 9.77. The van der Waals surface area contributed by atoms with Crippen molar-refractivity contribution < 1.29 is 23.5 Å². The van der Waals surface area contributed by atoms with E-state index in [1.807, 2.05) is 25.1 Å². The molecule has 0 heterocycles. The molecule has 0 spiro atoms. The van der Waals surface area contributed by atoms with Crippen molar-refractivity contribution >= 4 is 23.5 Å². The molecule has 1 amide bonds. The van der Waals surface area contributed by atoms with Crippen LogP contribution < -0.4 is 14.8 Å². The van der Waals surface area contributed by atoms with Crippen LogP contribution in [0.15, 0.2) is 78.9 Å². The summed E-state index contributed by atoms with van der Waals surface area (Å²) in [5.41, 5.74) is 1.66. The monoisotopic (exact) mass is 419 g/mol. The van der Waals surface area contributed by atoms with Crippen LogP contribution >= 0.6 is 0 Å². The van der Waals surface area contributed by atoms with Gasteiger partial charge in [0.15, 0.2) is 23.9 Å². The second-order valence-electron chi connectivity index (χ2n) is 6.55. The van der Waals surface area contributed by atoms with Gasteiger partial charge in [0, 0.05) is 11.3 Å². The first-order valence-electron chi connectivity index (χ1n) is 9.77. The van der Waals surface area contributed by atoms with Gasteiger partial charge in [0.05, 0.1) is 6.61 Å². The van der Waals surface area contributed by atoms with Crippen LogP contribution in [0.5, 0.6) is 11.5 Å². The van der Waals surface area contributed by atoms with Crippen molar-refractivity contribution in [3.63, 3.8) is 0 Å². The topological polar surface area (TPSA) is 64.6 Å². The van der Waals surface area contributed by atoms with Crippen LogP contribution in [-0.4, -0.2) is 24.9 Å². The molecule has 5 nitrogen and oxygen atoms in total. The molecule has 0 atom stereocenters. The smallest absolute Gasteiger partial charge is 0.262 e. The van der Waals surface area contributed by atoms with Gasteiger partial charge in [-0.25, -0.2) is 4.39 Å². The zero-order valence-electron chi connectivity index (χ0n) is 17.0. The van der Waals surface area contributed by atoms with E-state index in [1.54, 1.807) is 42.5 Å². The number of allylic oxidation sites excluding steroid dienone is 1. The van der Waals surface area contributed by atoms with Gasteiger partial charge in [0.1, 0.15) is 5.82 Å². The van der Waals surface area contributed by atoms with E-state index in [0.717, 1.165) is 0 Å². The maximum absolute atomic E-state index is 13.3. The normalized spacial score (nSPS) is 10.6. The number of amides is 1. The van der Waals surface area contributed by atoms with E-state index in [1.165, 1.54) is 24.3 Å². The lowest BCUT2D eigenvalue weighted by atomic mass is 10.1. The highest BCUT2D eigenvalue weighted by molar-refractivity contribution is 6.06. The molecule has 0 aliphatic rings. The molecule has 0 saturated carbocycles. The molecular weight excluding hydrogens is 397 g/mol. The Labute approximate surface area is 180 Å². The van der Waals surface area contributed by atoms with Crippen LogP contribution in [0.4, 0.5) is 10.1 Å². The lowest BCUT2D eigenvalue weighted by molar-refractivity contribution is -0.118. The van der Waals surface area contributed by atoms with Crippen molar-refractivity contribution in [2.45, 2.75) is 6.92 Å². The Kier molecular flexibility index (Phi) is 7.54. The summed E-state index contributed by atoms with van der Waals surface area (Å²) in [5.74, 6) is -0.196. The molecule has 0 aromatic heterocycles. The van der Waals surface area contributed by atoms with Crippen molar-refractivity contribution in [1.82, 2.24) is 0 Å². The predicted molar refractivity (Wildman–Crippen MR) is 118 cm³/mol. The number of nitrogens with one attached hydrogen (secondary N) is 1. The van der Waals surface area contributed by atoms with E-state index in [-0.39, 0.29) is 23.9 Å². The molecule has 31 heavy (non-hydrogen) atoms. The molecule has 0 unspecified atom stereocenters. The number of para-hydroxylation sites is 1. The van der Waals surface area contributed by atoms with Gasteiger partial charge < -0.3 is 14.8 Å². The van der Waals surface area contributed by atoms with E-state index in [4.69, 9.17) is 9.47 Å². The summed E-state index contributed by atoms with van der Waals surface area (Å²) >= 11 is 0. The molecule has 158 valence electrons. The van der Waals surface area contributed by atoms with Crippen molar-refractivity contribution in [2.24, 2.45) is 0 Å². The molecule has 3 rings (SSSR count). The molecule has 0 aliphatic heterocycles. The number of anilines is 1. The number of carbonyl (C=O) groups excluding carboxylic acids is 2. The van der Waals surface area contributed by atoms with Crippen LogP contribution in [0.25, 0.3) is 6.08 Å². The van der Waals surface area contributed by atoms with Crippen LogP contribution in [0, 0.1) is 5.82 Å². The largest absolute Gasteiger partial charge is 0.490 e. The SMILES string of the molecule is CCOc1cc(/C=C/C(=O)c2cccc(F)c2)ccc1OCC(=O)Nc1ccccc1. The van der Waals surface area contributed by atoms with E-state index in [9.17, 15) is 14.0 Å². The summed E-state index contributed by atoms with van der Waals surface area (Å²) in [4.78, 5) is 24.3. The second kappa shape index (κ2) is 10.7. The molecule has 0 aliphatic carbocycles. The lowest BCUT2D eigenvalue weighted by Crippen LogP contribution is -2.20. The minimum absolute atomic E-state index is 0.178. The molecule has 0 saturated heterocycles. The molecule has 0 bridgehead atoms. The Bertz CT molecular complexity index is 1080. The number of ether oxygens (including phenoxy) is 2. The van der Waals surface area contributed by atoms with E-state index >= 15 is 0 Å². The van der Waals surface area contributed by atoms with Crippen LogP contribution in [0.1, 0.15) is 22.8 Å². The molecule has 3 aromatic carbocycles. The molecular formula is C25H22FNO4. The van der Waals surface area contributed by atoms with Gasteiger partial charge >= 0.3 is 0 Å². The number of rotatable bonds is 9. The summed E-state index contributed by atoms with van der Waals surface area (Å²) in [6.45, 7) is 2.06. The Morgan fingerprint density at radius 3 is 2.48 bits per heavy atom. The zero-order valence-corrected chi connectivity index (χ0v) is 17.0. The minimum atomic E-state index is -0.462. The minimum Gasteiger partial charge on any atom is -0.490 e. The number of benzene rings is 3. The van der Waals surface area contributed by atoms with Gasteiger partial charge in [-0.15, -0.1) is 0 Å². The standard InChI is InChI=1S/C25H22FNO4/c1-2-30-24-15-18(11-13-22(28)19-7-6-8-20(26)16-19)12-14-23(24)31-17-25(29)27-21-9-4-3-5-10-21/h3-16H,2,17H2,1H3,(H,27,29)/b13-11+.